The van der Waals surface area contributed by atoms with E-state index in [0.717, 1.165) is 0 Å². The molecule has 0 unspecified atom stereocenters. The van der Waals surface area contributed by atoms with Crippen molar-refractivity contribution in [1.29, 1.82) is 0 Å². The van der Waals surface area contributed by atoms with Gasteiger partial charge in [-0.2, -0.15) is 0 Å². The summed E-state index contributed by atoms with van der Waals surface area (Å²) in [4.78, 5) is 11.0. The zero-order valence-electron chi connectivity index (χ0n) is 8.17. The van der Waals surface area contributed by atoms with Gasteiger partial charge in [0.2, 0.25) is 5.91 Å². The van der Waals surface area contributed by atoms with Crippen LogP contribution in [0.1, 0.15) is 13.3 Å². The number of rotatable bonds is 8. The second-order valence-electron chi connectivity index (χ2n) is 2.45. The fourth-order valence-electron chi connectivity index (χ4n) is 0.725. The van der Waals surface area contributed by atoms with Gasteiger partial charge in [-0.25, -0.2) is 0 Å². The molecule has 0 atom stereocenters. The number of ether oxygens (including phenoxy) is 2. The highest BCUT2D eigenvalue weighted by molar-refractivity contribution is 5.77. The number of amides is 1. The molecule has 0 aromatic heterocycles. The van der Waals surface area contributed by atoms with E-state index in [9.17, 15) is 4.79 Å². The van der Waals surface area contributed by atoms with Crippen molar-refractivity contribution < 1.29 is 14.3 Å². The molecule has 0 aliphatic heterocycles. The van der Waals surface area contributed by atoms with Crippen molar-refractivity contribution in [3.63, 3.8) is 0 Å². The van der Waals surface area contributed by atoms with Gasteiger partial charge < -0.3 is 14.8 Å². The average Bonchev–Trinajstić information content (AvgIpc) is 2.13. The van der Waals surface area contributed by atoms with Crippen molar-refractivity contribution in [3.05, 3.63) is 6.92 Å². The number of nitrogens with one attached hydrogen (secondary N) is 1. The summed E-state index contributed by atoms with van der Waals surface area (Å²) in [5, 5.41) is 2.67. The molecule has 0 aromatic carbocycles. The maximum atomic E-state index is 11.0. The van der Waals surface area contributed by atoms with Crippen LogP contribution in [0.25, 0.3) is 0 Å². The van der Waals surface area contributed by atoms with Gasteiger partial charge in [0, 0.05) is 19.8 Å². The Kier molecular flexibility index (Phi) is 9.03. The van der Waals surface area contributed by atoms with Crippen molar-refractivity contribution >= 4 is 5.91 Å². The summed E-state index contributed by atoms with van der Waals surface area (Å²) < 4.78 is 10.0. The van der Waals surface area contributed by atoms with E-state index in [-0.39, 0.29) is 12.5 Å². The van der Waals surface area contributed by atoms with Crippen LogP contribution in [0.5, 0.6) is 0 Å². The molecule has 0 heterocycles. The summed E-state index contributed by atoms with van der Waals surface area (Å²) in [6.07, 6.45) is 0.687. The summed E-state index contributed by atoms with van der Waals surface area (Å²) in [5.41, 5.74) is 0. The third-order valence-corrected chi connectivity index (χ3v) is 1.29. The molecular formula is C9H18NO3. The number of hydrogen-bond acceptors (Lipinski definition) is 3. The van der Waals surface area contributed by atoms with Crippen molar-refractivity contribution in [1.82, 2.24) is 5.32 Å². The van der Waals surface area contributed by atoms with E-state index in [4.69, 9.17) is 9.47 Å². The summed E-state index contributed by atoms with van der Waals surface area (Å²) in [6, 6.07) is 0. The first-order chi connectivity index (χ1) is 6.31. The lowest BCUT2D eigenvalue weighted by Gasteiger charge is -2.05. The van der Waals surface area contributed by atoms with E-state index < -0.39 is 0 Å². The lowest BCUT2D eigenvalue weighted by atomic mass is 10.5. The van der Waals surface area contributed by atoms with Crippen LogP contribution < -0.4 is 5.32 Å². The zero-order chi connectivity index (χ0) is 9.94. The Bertz CT molecular complexity index is 128. The van der Waals surface area contributed by atoms with Crippen molar-refractivity contribution in [2.75, 3.05) is 33.0 Å². The minimum atomic E-state index is -0.104. The Labute approximate surface area is 79.6 Å². The largest absolute Gasteiger partial charge is 0.380 e. The second-order valence-corrected chi connectivity index (χ2v) is 2.45. The summed E-state index contributed by atoms with van der Waals surface area (Å²) in [6.45, 7) is 7.92. The monoisotopic (exact) mass is 188 g/mol. The van der Waals surface area contributed by atoms with Gasteiger partial charge in [-0.3, -0.25) is 4.79 Å². The number of hydrogen-bond donors (Lipinski definition) is 1. The first-order valence-corrected chi connectivity index (χ1v) is 4.52. The smallest absolute Gasteiger partial charge is 0.246 e. The van der Waals surface area contributed by atoms with E-state index in [1.54, 1.807) is 0 Å². The topological polar surface area (TPSA) is 47.6 Å². The van der Waals surface area contributed by atoms with Crippen LogP contribution in [0.2, 0.25) is 0 Å². The molecule has 0 aliphatic rings. The number of carbonyl (C=O) groups excluding carboxylic acids is 1. The van der Waals surface area contributed by atoms with Crippen molar-refractivity contribution in [2.45, 2.75) is 13.3 Å². The molecule has 0 saturated carbocycles. The normalized spacial score (nSPS) is 10.0. The summed E-state index contributed by atoms with van der Waals surface area (Å²) >= 11 is 0. The third-order valence-electron chi connectivity index (χ3n) is 1.29. The summed E-state index contributed by atoms with van der Waals surface area (Å²) in [5.74, 6) is -0.104. The van der Waals surface area contributed by atoms with Crippen LogP contribution >= 0.6 is 0 Å². The molecule has 0 spiro atoms. The molecule has 1 radical (unpaired) electrons. The maximum Gasteiger partial charge on any atom is 0.246 e. The van der Waals surface area contributed by atoms with E-state index in [1.165, 1.54) is 0 Å². The van der Waals surface area contributed by atoms with Crippen LogP contribution in [-0.4, -0.2) is 38.9 Å². The molecule has 77 valence electrons. The van der Waals surface area contributed by atoms with E-state index in [2.05, 4.69) is 12.2 Å². The predicted molar refractivity (Wildman–Crippen MR) is 50.3 cm³/mol. The quantitative estimate of drug-likeness (QED) is 0.560. The molecule has 0 saturated heterocycles. The fraction of sp³-hybridized carbons (Fsp3) is 0.778. The Morgan fingerprint density at radius 2 is 2.15 bits per heavy atom. The standard InChI is InChI=1S/C9H18NO3/c1-3-6-13-8-9(11)10-5-7-12-4-2/h1,3-8H2,2H3,(H,10,11). The Hall–Kier alpha value is -0.610. The molecule has 4 nitrogen and oxygen atoms in total. The molecule has 1 amide bonds. The Morgan fingerprint density at radius 3 is 2.77 bits per heavy atom. The SMILES string of the molecule is [CH2]CCOCC(=O)NCCOCC. The molecule has 0 aliphatic carbocycles. The maximum absolute atomic E-state index is 11.0. The highest BCUT2D eigenvalue weighted by Gasteiger charge is 1.98. The van der Waals surface area contributed by atoms with Crippen LogP contribution in [-0.2, 0) is 14.3 Å². The van der Waals surface area contributed by atoms with Crippen molar-refractivity contribution in [2.24, 2.45) is 0 Å². The zero-order valence-corrected chi connectivity index (χ0v) is 8.17. The van der Waals surface area contributed by atoms with Gasteiger partial charge in [0.05, 0.1) is 6.61 Å². The van der Waals surface area contributed by atoms with Gasteiger partial charge >= 0.3 is 0 Å². The minimum absolute atomic E-state index is 0.104. The summed E-state index contributed by atoms with van der Waals surface area (Å²) in [7, 11) is 0. The van der Waals surface area contributed by atoms with Gasteiger partial charge in [-0.15, -0.1) is 0 Å². The van der Waals surface area contributed by atoms with E-state index in [1.807, 2.05) is 6.92 Å². The van der Waals surface area contributed by atoms with Gasteiger partial charge in [0.25, 0.3) is 0 Å². The first-order valence-electron chi connectivity index (χ1n) is 4.52. The van der Waals surface area contributed by atoms with Crippen LogP contribution in [0.3, 0.4) is 0 Å². The molecule has 13 heavy (non-hydrogen) atoms. The molecule has 0 bridgehead atoms. The van der Waals surface area contributed by atoms with E-state index >= 15 is 0 Å². The van der Waals surface area contributed by atoms with Crippen molar-refractivity contribution in [3.8, 4) is 0 Å². The van der Waals surface area contributed by atoms with Gasteiger partial charge in [0.15, 0.2) is 0 Å². The van der Waals surface area contributed by atoms with Crippen LogP contribution in [0.4, 0.5) is 0 Å². The minimum Gasteiger partial charge on any atom is -0.380 e. The Morgan fingerprint density at radius 1 is 1.38 bits per heavy atom. The molecule has 0 fully saturated rings. The van der Waals surface area contributed by atoms with Gasteiger partial charge in [-0.05, 0) is 13.3 Å². The molecule has 4 heteroatoms. The molecular weight excluding hydrogens is 170 g/mol. The van der Waals surface area contributed by atoms with E-state index in [0.29, 0.717) is 32.8 Å². The fourth-order valence-corrected chi connectivity index (χ4v) is 0.725. The molecule has 0 rings (SSSR count). The Balaban J connectivity index is 3.11. The lowest BCUT2D eigenvalue weighted by molar-refractivity contribution is -0.125. The highest BCUT2D eigenvalue weighted by Crippen LogP contribution is 1.79. The predicted octanol–water partition coefficient (Wildman–Crippen LogP) is 0.380. The number of carbonyl (C=O) groups is 1. The second kappa shape index (κ2) is 9.48. The third kappa shape index (κ3) is 9.30. The van der Waals surface area contributed by atoms with Gasteiger partial charge in [0.1, 0.15) is 6.61 Å². The molecule has 1 N–H and O–H groups in total. The highest BCUT2D eigenvalue weighted by atomic mass is 16.5. The van der Waals surface area contributed by atoms with Crippen LogP contribution in [0, 0.1) is 6.92 Å². The lowest BCUT2D eigenvalue weighted by Crippen LogP contribution is -2.30. The van der Waals surface area contributed by atoms with Gasteiger partial charge in [-0.1, -0.05) is 6.92 Å². The first kappa shape index (κ1) is 12.4. The average molecular weight is 188 g/mol. The molecule has 0 aromatic rings. The van der Waals surface area contributed by atoms with Crippen LogP contribution in [0.15, 0.2) is 0 Å².